The number of rotatable bonds is 4. The molecule has 0 aromatic carbocycles. The first-order valence-corrected chi connectivity index (χ1v) is 8.53. The van der Waals surface area contributed by atoms with Crippen LogP contribution >= 0.6 is 0 Å². The maximum absolute atomic E-state index is 12.3. The van der Waals surface area contributed by atoms with E-state index in [0.717, 1.165) is 18.8 Å². The molecular weight excluding hydrogens is 234 g/mol. The van der Waals surface area contributed by atoms with E-state index in [2.05, 4.69) is 4.90 Å². The van der Waals surface area contributed by atoms with Gasteiger partial charge < -0.3 is 4.90 Å². The number of carbonyl (C=O) groups is 1. The molecule has 110 valence electrons. The van der Waals surface area contributed by atoms with E-state index in [-0.39, 0.29) is 0 Å². The van der Waals surface area contributed by atoms with Gasteiger partial charge in [0.1, 0.15) is 0 Å². The van der Waals surface area contributed by atoms with Crippen LogP contribution in [-0.2, 0) is 4.79 Å². The van der Waals surface area contributed by atoms with Crippen LogP contribution in [0, 0.1) is 5.92 Å². The van der Waals surface area contributed by atoms with Crippen molar-refractivity contribution in [3.63, 3.8) is 0 Å². The van der Waals surface area contributed by atoms with E-state index in [9.17, 15) is 4.79 Å². The second kappa shape index (κ2) is 7.91. The molecule has 0 saturated heterocycles. The van der Waals surface area contributed by atoms with Crippen molar-refractivity contribution in [1.29, 1.82) is 0 Å². The SMILES string of the molecule is CN(C(=O)CCC1CCCCC1)C1CCCCCC1. The van der Waals surface area contributed by atoms with Crippen molar-refractivity contribution in [3.05, 3.63) is 0 Å². The number of amides is 1. The van der Waals surface area contributed by atoms with Crippen LogP contribution in [0.25, 0.3) is 0 Å². The largest absolute Gasteiger partial charge is 0.343 e. The number of carbonyl (C=O) groups excluding carboxylic acids is 1. The van der Waals surface area contributed by atoms with Crippen molar-refractivity contribution in [2.45, 2.75) is 89.5 Å². The zero-order valence-corrected chi connectivity index (χ0v) is 12.7. The van der Waals surface area contributed by atoms with Gasteiger partial charge in [-0.3, -0.25) is 4.79 Å². The van der Waals surface area contributed by atoms with Crippen molar-refractivity contribution >= 4 is 5.91 Å². The standard InChI is InChI=1S/C17H31NO/c1-18(16-11-7-2-3-8-12-16)17(19)14-13-15-9-5-4-6-10-15/h15-16H,2-14H2,1H3. The molecule has 0 N–H and O–H groups in total. The molecule has 0 aliphatic heterocycles. The Bertz CT molecular complexity index is 262. The van der Waals surface area contributed by atoms with Crippen molar-refractivity contribution in [2.24, 2.45) is 5.92 Å². The predicted molar refractivity (Wildman–Crippen MR) is 80.1 cm³/mol. The van der Waals surface area contributed by atoms with E-state index in [1.807, 2.05) is 7.05 Å². The van der Waals surface area contributed by atoms with Crippen LogP contribution in [0.15, 0.2) is 0 Å². The summed E-state index contributed by atoms with van der Waals surface area (Å²) in [6, 6.07) is 0.529. The molecule has 0 radical (unpaired) electrons. The maximum atomic E-state index is 12.3. The van der Waals surface area contributed by atoms with Crippen LogP contribution in [0.2, 0.25) is 0 Å². The van der Waals surface area contributed by atoms with Crippen molar-refractivity contribution < 1.29 is 4.79 Å². The Balaban J connectivity index is 1.71. The predicted octanol–water partition coefficient (Wildman–Crippen LogP) is 4.53. The van der Waals surface area contributed by atoms with Gasteiger partial charge in [-0.1, -0.05) is 57.8 Å². The van der Waals surface area contributed by atoms with Gasteiger partial charge in [-0.2, -0.15) is 0 Å². The number of nitrogens with zero attached hydrogens (tertiary/aromatic N) is 1. The Morgan fingerprint density at radius 3 is 2.05 bits per heavy atom. The van der Waals surface area contributed by atoms with Gasteiger partial charge in [-0.05, 0) is 25.2 Å². The molecule has 2 heteroatoms. The summed E-state index contributed by atoms with van der Waals surface area (Å²) in [6.45, 7) is 0. The van der Waals surface area contributed by atoms with E-state index in [4.69, 9.17) is 0 Å². The summed E-state index contributed by atoms with van der Waals surface area (Å²) < 4.78 is 0. The number of hydrogen-bond acceptors (Lipinski definition) is 1. The van der Waals surface area contributed by atoms with E-state index in [1.165, 1.54) is 70.6 Å². The minimum Gasteiger partial charge on any atom is -0.343 e. The van der Waals surface area contributed by atoms with Crippen LogP contribution in [0.5, 0.6) is 0 Å². The van der Waals surface area contributed by atoms with Gasteiger partial charge in [0.25, 0.3) is 0 Å². The molecule has 1 amide bonds. The van der Waals surface area contributed by atoms with Crippen LogP contribution in [0.3, 0.4) is 0 Å². The Morgan fingerprint density at radius 2 is 1.42 bits per heavy atom. The summed E-state index contributed by atoms with van der Waals surface area (Å²) in [5.41, 5.74) is 0. The van der Waals surface area contributed by atoms with E-state index in [1.54, 1.807) is 0 Å². The van der Waals surface area contributed by atoms with Gasteiger partial charge in [0.05, 0.1) is 0 Å². The molecule has 0 aromatic rings. The van der Waals surface area contributed by atoms with Gasteiger partial charge in [0.2, 0.25) is 5.91 Å². The molecule has 0 aromatic heterocycles. The van der Waals surface area contributed by atoms with Crippen LogP contribution in [0.4, 0.5) is 0 Å². The molecule has 0 unspecified atom stereocenters. The van der Waals surface area contributed by atoms with Gasteiger partial charge in [0.15, 0.2) is 0 Å². The zero-order chi connectivity index (χ0) is 13.5. The Labute approximate surface area is 118 Å². The minimum atomic E-state index is 0.400. The molecule has 2 aliphatic carbocycles. The third-order valence-corrected chi connectivity index (χ3v) is 5.26. The van der Waals surface area contributed by atoms with Crippen molar-refractivity contribution in [3.8, 4) is 0 Å². The molecule has 0 spiro atoms. The lowest BCUT2D eigenvalue weighted by Crippen LogP contribution is -2.36. The molecule has 2 saturated carbocycles. The lowest BCUT2D eigenvalue weighted by atomic mass is 9.86. The second-order valence-corrected chi connectivity index (χ2v) is 6.69. The molecule has 0 heterocycles. The van der Waals surface area contributed by atoms with Crippen LogP contribution in [-0.4, -0.2) is 23.9 Å². The monoisotopic (exact) mass is 265 g/mol. The second-order valence-electron chi connectivity index (χ2n) is 6.69. The Morgan fingerprint density at radius 1 is 0.895 bits per heavy atom. The summed E-state index contributed by atoms with van der Waals surface area (Å²) in [5, 5.41) is 0. The molecular formula is C17H31NO. The Kier molecular flexibility index (Phi) is 6.19. The van der Waals surface area contributed by atoms with E-state index in [0.29, 0.717) is 11.9 Å². The lowest BCUT2D eigenvalue weighted by Gasteiger charge is -2.28. The summed E-state index contributed by atoms with van der Waals surface area (Å²) >= 11 is 0. The van der Waals surface area contributed by atoms with Crippen LogP contribution in [0.1, 0.15) is 83.5 Å². The Hall–Kier alpha value is -0.530. The average molecular weight is 265 g/mol. The van der Waals surface area contributed by atoms with E-state index < -0.39 is 0 Å². The fraction of sp³-hybridized carbons (Fsp3) is 0.941. The average Bonchev–Trinajstić information content (AvgIpc) is 2.74. The van der Waals surface area contributed by atoms with Gasteiger partial charge in [0, 0.05) is 19.5 Å². The highest BCUT2D eigenvalue weighted by Gasteiger charge is 2.22. The third kappa shape index (κ3) is 4.81. The fourth-order valence-electron chi connectivity index (χ4n) is 3.83. The van der Waals surface area contributed by atoms with Crippen molar-refractivity contribution in [1.82, 2.24) is 4.90 Å². The molecule has 19 heavy (non-hydrogen) atoms. The van der Waals surface area contributed by atoms with Gasteiger partial charge in [-0.25, -0.2) is 0 Å². The normalized spacial score (nSPS) is 23.0. The van der Waals surface area contributed by atoms with E-state index >= 15 is 0 Å². The highest BCUT2D eigenvalue weighted by Crippen LogP contribution is 2.28. The zero-order valence-electron chi connectivity index (χ0n) is 12.7. The lowest BCUT2D eigenvalue weighted by molar-refractivity contribution is -0.132. The molecule has 0 atom stereocenters. The summed E-state index contributed by atoms with van der Waals surface area (Å²) in [6.07, 6.45) is 16.6. The highest BCUT2D eigenvalue weighted by molar-refractivity contribution is 5.76. The molecule has 2 aliphatic rings. The maximum Gasteiger partial charge on any atom is 0.222 e. The molecule has 2 nitrogen and oxygen atoms in total. The first kappa shape index (κ1) is 14.9. The molecule has 2 rings (SSSR count). The smallest absolute Gasteiger partial charge is 0.222 e. The van der Waals surface area contributed by atoms with Crippen LogP contribution < -0.4 is 0 Å². The first-order valence-electron chi connectivity index (χ1n) is 8.53. The molecule has 2 fully saturated rings. The van der Waals surface area contributed by atoms with Crippen molar-refractivity contribution in [2.75, 3.05) is 7.05 Å². The number of hydrogen-bond donors (Lipinski definition) is 0. The first-order chi connectivity index (χ1) is 9.27. The summed E-state index contributed by atoms with van der Waals surface area (Å²) in [7, 11) is 2.04. The highest BCUT2D eigenvalue weighted by atomic mass is 16.2. The minimum absolute atomic E-state index is 0.400. The third-order valence-electron chi connectivity index (χ3n) is 5.26. The van der Waals surface area contributed by atoms with Gasteiger partial charge >= 0.3 is 0 Å². The summed E-state index contributed by atoms with van der Waals surface area (Å²) in [4.78, 5) is 14.4. The quantitative estimate of drug-likeness (QED) is 0.684. The van der Waals surface area contributed by atoms with Gasteiger partial charge in [-0.15, -0.1) is 0 Å². The topological polar surface area (TPSA) is 20.3 Å². The fourth-order valence-corrected chi connectivity index (χ4v) is 3.83. The molecule has 0 bridgehead atoms. The summed E-state index contributed by atoms with van der Waals surface area (Å²) in [5.74, 6) is 1.23.